The topological polar surface area (TPSA) is 90.9 Å². The number of benzene rings is 2. The molecule has 0 aliphatic rings. The van der Waals surface area contributed by atoms with Crippen molar-refractivity contribution in [3.63, 3.8) is 0 Å². The van der Waals surface area contributed by atoms with Gasteiger partial charge in [0.1, 0.15) is 12.4 Å². The standard InChI is InChI=1S/C21H23NO6/c1-26-20(24)12-7-13-22-19(23)15-28-21(25)18-11-6-5-8-16(18)14-27-17-9-3-2-4-10-17/h2-6,8-11H,7,12-15H2,1H3,(H,22,23). The summed E-state index contributed by atoms with van der Waals surface area (Å²) in [6, 6.07) is 16.2. The molecule has 1 amide bonds. The van der Waals surface area contributed by atoms with E-state index in [9.17, 15) is 14.4 Å². The highest BCUT2D eigenvalue weighted by atomic mass is 16.5. The molecule has 0 saturated heterocycles. The SMILES string of the molecule is COC(=O)CCCNC(=O)COC(=O)c1ccccc1COc1ccccc1. The molecule has 7 nitrogen and oxygen atoms in total. The van der Waals surface area contributed by atoms with E-state index in [4.69, 9.17) is 9.47 Å². The Labute approximate surface area is 163 Å². The Morgan fingerprint density at radius 2 is 1.68 bits per heavy atom. The molecule has 0 aliphatic carbocycles. The Balaban J connectivity index is 1.80. The average Bonchev–Trinajstić information content (AvgIpc) is 2.74. The van der Waals surface area contributed by atoms with Gasteiger partial charge in [0.2, 0.25) is 0 Å². The van der Waals surface area contributed by atoms with Crippen LogP contribution >= 0.6 is 0 Å². The van der Waals surface area contributed by atoms with Crippen LogP contribution in [-0.4, -0.2) is 38.1 Å². The number of rotatable bonds is 10. The molecule has 28 heavy (non-hydrogen) atoms. The number of para-hydroxylation sites is 1. The molecular formula is C21H23NO6. The van der Waals surface area contributed by atoms with E-state index in [0.29, 0.717) is 29.8 Å². The molecule has 0 saturated carbocycles. The number of hydrogen-bond acceptors (Lipinski definition) is 6. The lowest BCUT2D eigenvalue weighted by atomic mass is 10.1. The summed E-state index contributed by atoms with van der Waals surface area (Å²) < 4.78 is 15.3. The van der Waals surface area contributed by atoms with Crippen LogP contribution in [0.4, 0.5) is 0 Å². The van der Waals surface area contributed by atoms with Crippen LogP contribution in [0.3, 0.4) is 0 Å². The molecule has 0 radical (unpaired) electrons. The smallest absolute Gasteiger partial charge is 0.339 e. The lowest BCUT2D eigenvalue weighted by molar-refractivity contribution is -0.140. The molecule has 0 spiro atoms. The molecule has 0 aromatic heterocycles. The first-order chi connectivity index (χ1) is 13.6. The van der Waals surface area contributed by atoms with Crippen molar-refractivity contribution in [2.24, 2.45) is 0 Å². The predicted molar refractivity (Wildman–Crippen MR) is 102 cm³/mol. The molecule has 0 aliphatic heterocycles. The molecule has 0 unspecified atom stereocenters. The molecule has 0 fully saturated rings. The third kappa shape index (κ3) is 7.11. The summed E-state index contributed by atoms with van der Waals surface area (Å²) in [5.74, 6) is -0.680. The van der Waals surface area contributed by atoms with Crippen molar-refractivity contribution >= 4 is 17.8 Å². The number of amides is 1. The second-order valence-electron chi connectivity index (χ2n) is 5.86. The monoisotopic (exact) mass is 385 g/mol. The minimum atomic E-state index is -0.600. The fraction of sp³-hybridized carbons (Fsp3) is 0.286. The third-order valence-electron chi connectivity index (χ3n) is 3.82. The highest BCUT2D eigenvalue weighted by molar-refractivity contribution is 5.92. The van der Waals surface area contributed by atoms with Crippen LogP contribution in [0.2, 0.25) is 0 Å². The van der Waals surface area contributed by atoms with Crippen LogP contribution in [0.25, 0.3) is 0 Å². The van der Waals surface area contributed by atoms with Gasteiger partial charge in [-0.2, -0.15) is 0 Å². The molecule has 0 atom stereocenters. The second kappa shape index (κ2) is 11.4. The summed E-state index contributed by atoms with van der Waals surface area (Å²) >= 11 is 0. The predicted octanol–water partition coefficient (Wildman–Crippen LogP) is 2.49. The van der Waals surface area contributed by atoms with Crippen LogP contribution in [0.15, 0.2) is 54.6 Å². The number of carbonyl (C=O) groups excluding carboxylic acids is 3. The van der Waals surface area contributed by atoms with Gasteiger partial charge >= 0.3 is 11.9 Å². The highest BCUT2D eigenvalue weighted by Crippen LogP contribution is 2.15. The third-order valence-corrected chi connectivity index (χ3v) is 3.82. The van der Waals surface area contributed by atoms with E-state index in [2.05, 4.69) is 10.1 Å². The average molecular weight is 385 g/mol. The second-order valence-corrected chi connectivity index (χ2v) is 5.86. The van der Waals surface area contributed by atoms with Crippen molar-refractivity contribution in [3.8, 4) is 5.75 Å². The highest BCUT2D eigenvalue weighted by Gasteiger charge is 2.14. The summed E-state index contributed by atoms with van der Waals surface area (Å²) in [6.45, 7) is 0.104. The van der Waals surface area contributed by atoms with Gasteiger partial charge < -0.3 is 19.5 Å². The Morgan fingerprint density at radius 3 is 2.43 bits per heavy atom. The Kier molecular flexibility index (Phi) is 8.52. The molecule has 2 aromatic carbocycles. The maximum absolute atomic E-state index is 12.3. The molecule has 0 bridgehead atoms. The van der Waals surface area contributed by atoms with E-state index < -0.39 is 18.5 Å². The Hall–Kier alpha value is -3.35. The van der Waals surface area contributed by atoms with Gasteiger partial charge in [-0.25, -0.2) is 4.79 Å². The first-order valence-corrected chi connectivity index (χ1v) is 8.86. The van der Waals surface area contributed by atoms with Crippen LogP contribution in [0.5, 0.6) is 5.75 Å². The van der Waals surface area contributed by atoms with Crippen molar-refractivity contribution in [3.05, 3.63) is 65.7 Å². The Bertz CT molecular complexity index is 790. The van der Waals surface area contributed by atoms with Gasteiger partial charge in [-0.3, -0.25) is 9.59 Å². The summed E-state index contributed by atoms with van der Waals surface area (Å²) in [5.41, 5.74) is 1.01. The summed E-state index contributed by atoms with van der Waals surface area (Å²) in [7, 11) is 1.31. The summed E-state index contributed by atoms with van der Waals surface area (Å²) in [6.07, 6.45) is 0.664. The van der Waals surface area contributed by atoms with Gasteiger partial charge in [0.05, 0.1) is 12.7 Å². The normalized spacial score (nSPS) is 10.0. The fourth-order valence-electron chi connectivity index (χ4n) is 2.35. The van der Waals surface area contributed by atoms with Crippen molar-refractivity contribution in [2.45, 2.75) is 19.4 Å². The van der Waals surface area contributed by atoms with E-state index in [1.54, 1.807) is 24.3 Å². The van der Waals surface area contributed by atoms with Crippen molar-refractivity contribution in [1.82, 2.24) is 5.32 Å². The van der Waals surface area contributed by atoms with Gasteiger partial charge in [0, 0.05) is 18.5 Å². The molecular weight excluding hydrogens is 362 g/mol. The van der Waals surface area contributed by atoms with Crippen LogP contribution < -0.4 is 10.1 Å². The van der Waals surface area contributed by atoms with Gasteiger partial charge in [0.15, 0.2) is 6.61 Å². The van der Waals surface area contributed by atoms with Crippen molar-refractivity contribution < 1.29 is 28.6 Å². The molecule has 1 N–H and O–H groups in total. The zero-order valence-electron chi connectivity index (χ0n) is 15.7. The molecule has 2 aromatic rings. The minimum absolute atomic E-state index is 0.203. The molecule has 0 heterocycles. The number of ether oxygens (including phenoxy) is 3. The van der Waals surface area contributed by atoms with E-state index in [1.165, 1.54) is 7.11 Å². The summed E-state index contributed by atoms with van der Waals surface area (Å²) in [5, 5.41) is 2.58. The first kappa shape index (κ1) is 21.0. The van der Waals surface area contributed by atoms with E-state index >= 15 is 0 Å². The van der Waals surface area contributed by atoms with E-state index in [-0.39, 0.29) is 19.0 Å². The first-order valence-electron chi connectivity index (χ1n) is 8.86. The van der Waals surface area contributed by atoms with E-state index in [0.717, 1.165) is 0 Å². The maximum atomic E-state index is 12.3. The molecule has 2 rings (SSSR count). The maximum Gasteiger partial charge on any atom is 0.339 e. The zero-order valence-corrected chi connectivity index (χ0v) is 15.7. The fourth-order valence-corrected chi connectivity index (χ4v) is 2.35. The number of nitrogens with one attached hydrogen (secondary N) is 1. The summed E-state index contributed by atoms with van der Waals surface area (Å²) in [4.78, 5) is 35.1. The number of esters is 2. The van der Waals surface area contributed by atoms with Gasteiger partial charge in [-0.05, 0) is 24.6 Å². The number of hydrogen-bond donors (Lipinski definition) is 1. The van der Waals surface area contributed by atoms with Gasteiger partial charge in [0.25, 0.3) is 5.91 Å². The zero-order chi connectivity index (χ0) is 20.2. The quantitative estimate of drug-likeness (QED) is 0.499. The van der Waals surface area contributed by atoms with Crippen LogP contribution in [-0.2, 0) is 25.7 Å². The molecule has 7 heteroatoms. The van der Waals surface area contributed by atoms with Crippen molar-refractivity contribution in [2.75, 3.05) is 20.3 Å². The number of carbonyl (C=O) groups is 3. The largest absolute Gasteiger partial charge is 0.489 e. The van der Waals surface area contributed by atoms with Crippen LogP contribution in [0, 0.1) is 0 Å². The van der Waals surface area contributed by atoms with Crippen LogP contribution in [0.1, 0.15) is 28.8 Å². The van der Waals surface area contributed by atoms with E-state index in [1.807, 2.05) is 30.3 Å². The minimum Gasteiger partial charge on any atom is -0.489 e. The number of methoxy groups -OCH3 is 1. The Morgan fingerprint density at radius 1 is 0.964 bits per heavy atom. The van der Waals surface area contributed by atoms with Gasteiger partial charge in [-0.1, -0.05) is 36.4 Å². The van der Waals surface area contributed by atoms with Gasteiger partial charge in [-0.15, -0.1) is 0 Å². The lowest BCUT2D eigenvalue weighted by Crippen LogP contribution is -2.30. The molecule has 148 valence electrons. The lowest BCUT2D eigenvalue weighted by Gasteiger charge is -2.11. The van der Waals surface area contributed by atoms with Crippen molar-refractivity contribution in [1.29, 1.82) is 0 Å².